The maximum atomic E-state index is 12.1. The summed E-state index contributed by atoms with van der Waals surface area (Å²) in [5, 5.41) is 0.0545. The highest BCUT2D eigenvalue weighted by Gasteiger charge is 2.18. The summed E-state index contributed by atoms with van der Waals surface area (Å²) in [6.45, 7) is 10.2. The van der Waals surface area contributed by atoms with Crippen LogP contribution in [0.3, 0.4) is 0 Å². The van der Waals surface area contributed by atoms with Gasteiger partial charge in [-0.3, -0.25) is 9.00 Å². The molecule has 2 unspecified atom stereocenters. The Morgan fingerprint density at radius 2 is 1.58 bits per heavy atom. The van der Waals surface area contributed by atoms with E-state index in [4.69, 9.17) is 0 Å². The van der Waals surface area contributed by atoms with E-state index < -0.39 is 10.8 Å². The third-order valence-corrected chi connectivity index (χ3v) is 5.45. The fraction of sp³-hybridized carbons (Fsp3) is 0.562. The summed E-state index contributed by atoms with van der Waals surface area (Å²) in [5.74, 6) is 0.887. The van der Waals surface area contributed by atoms with E-state index in [-0.39, 0.29) is 16.8 Å². The standard InChI is InChI=1S/C16H24O2S/c1-11(2)13(5)19(18)10-16(17)15-8-6-14(7-9-15)12(3)4/h6-9,11-13H,10H2,1-5H3. The Labute approximate surface area is 119 Å². The number of rotatable bonds is 6. The Balaban J connectivity index is 2.71. The molecular weight excluding hydrogens is 256 g/mol. The largest absolute Gasteiger partial charge is 0.293 e. The first-order chi connectivity index (χ1) is 8.82. The minimum absolute atomic E-state index is 0.0267. The lowest BCUT2D eigenvalue weighted by atomic mass is 10.0. The van der Waals surface area contributed by atoms with E-state index in [2.05, 4.69) is 13.8 Å². The van der Waals surface area contributed by atoms with E-state index in [1.807, 2.05) is 45.0 Å². The average Bonchev–Trinajstić information content (AvgIpc) is 2.37. The monoisotopic (exact) mass is 280 g/mol. The van der Waals surface area contributed by atoms with Gasteiger partial charge in [-0.05, 0) is 17.4 Å². The number of Topliss-reactive ketones (excluding diaryl/α,β-unsaturated/α-hetero) is 1. The Morgan fingerprint density at radius 1 is 1.05 bits per heavy atom. The maximum absolute atomic E-state index is 12.1. The summed E-state index contributed by atoms with van der Waals surface area (Å²) in [5.41, 5.74) is 1.88. The molecule has 1 rings (SSSR count). The molecule has 2 nitrogen and oxygen atoms in total. The van der Waals surface area contributed by atoms with Crippen molar-refractivity contribution < 1.29 is 9.00 Å². The van der Waals surface area contributed by atoms with E-state index in [0.29, 0.717) is 17.4 Å². The van der Waals surface area contributed by atoms with Gasteiger partial charge in [0.05, 0.1) is 5.75 Å². The molecule has 0 heterocycles. The van der Waals surface area contributed by atoms with Crippen LogP contribution in [0.25, 0.3) is 0 Å². The van der Waals surface area contributed by atoms with E-state index in [1.54, 1.807) is 0 Å². The molecule has 0 aromatic heterocycles. The van der Waals surface area contributed by atoms with Gasteiger partial charge >= 0.3 is 0 Å². The average molecular weight is 280 g/mol. The van der Waals surface area contributed by atoms with Crippen molar-refractivity contribution in [2.24, 2.45) is 5.92 Å². The van der Waals surface area contributed by atoms with Crippen molar-refractivity contribution in [3.63, 3.8) is 0 Å². The predicted octanol–water partition coefficient (Wildman–Crippen LogP) is 3.79. The topological polar surface area (TPSA) is 34.1 Å². The van der Waals surface area contributed by atoms with Gasteiger partial charge in [-0.25, -0.2) is 0 Å². The van der Waals surface area contributed by atoms with Gasteiger partial charge in [-0.2, -0.15) is 0 Å². The highest BCUT2D eigenvalue weighted by Crippen LogP contribution is 2.16. The van der Waals surface area contributed by atoms with Crippen molar-refractivity contribution in [2.75, 3.05) is 5.75 Å². The molecule has 2 atom stereocenters. The van der Waals surface area contributed by atoms with Crippen LogP contribution in [0.1, 0.15) is 56.5 Å². The van der Waals surface area contributed by atoms with Crippen LogP contribution in [0.5, 0.6) is 0 Å². The third kappa shape index (κ3) is 4.57. The normalized spacial score (nSPS) is 14.7. The molecular formula is C16H24O2S. The Kier molecular flexibility index (Phi) is 5.92. The van der Waals surface area contributed by atoms with Crippen LogP contribution < -0.4 is 0 Å². The summed E-state index contributed by atoms with van der Waals surface area (Å²) < 4.78 is 12.0. The number of carbonyl (C=O) groups is 1. The predicted molar refractivity (Wildman–Crippen MR) is 82.2 cm³/mol. The molecule has 0 saturated carbocycles. The highest BCUT2D eigenvalue weighted by molar-refractivity contribution is 7.86. The fourth-order valence-corrected chi connectivity index (χ4v) is 3.00. The molecule has 0 aliphatic rings. The molecule has 0 fully saturated rings. The second-order valence-electron chi connectivity index (χ2n) is 5.67. The molecule has 1 aromatic rings. The molecule has 3 heteroatoms. The van der Waals surface area contributed by atoms with Gasteiger partial charge in [0.1, 0.15) is 0 Å². The second kappa shape index (κ2) is 6.99. The summed E-state index contributed by atoms with van der Waals surface area (Å²) in [7, 11) is -1.09. The minimum Gasteiger partial charge on any atom is -0.293 e. The van der Waals surface area contributed by atoms with Crippen molar-refractivity contribution in [2.45, 2.75) is 45.8 Å². The van der Waals surface area contributed by atoms with E-state index in [0.717, 1.165) is 0 Å². The SMILES string of the molecule is CC(C)c1ccc(C(=O)CS(=O)C(C)C(C)C)cc1. The number of carbonyl (C=O) groups excluding carboxylic acids is 1. The van der Waals surface area contributed by atoms with Crippen molar-refractivity contribution >= 4 is 16.6 Å². The lowest BCUT2D eigenvalue weighted by Crippen LogP contribution is -2.24. The quantitative estimate of drug-likeness (QED) is 0.743. The molecule has 0 radical (unpaired) electrons. The fourth-order valence-electron chi connectivity index (χ4n) is 1.70. The molecule has 0 aliphatic heterocycles. The highest BCUT2D eigenvalue weighted by atomic mass is 32.2. The van der Waals surface area contributed by atoms with Crippen molar-refractivity contribution in [1.82, 2.24) is 0 Å². The third-order valence-electron chi connectivity index (χ3n) is 3.53. The van der Waals surface area contributed by atoms with Gasteiger partial charge in [-0.1, -0.05) is 58.9 Å². The minimum atomic E-state index is -1.09. The van der Waals surface area contributed by atoms with Crippen molar-refractivity contribution in [3.05, 3.63) is 35.4 Å². The molecule has 0 amide bonds. The lowest BCUT2D eigenvalue weighted by Gasteiger charge is -2.14. The summed E-state index contributed by atoms with van der Waals surface area (Å²) in [6.07, 6.45) is 0. The Morgan fingerprint density at radius 3 is 2.00 bits per heavy atom. The number of benzene rings is 1. The van der Waals surface area contributed by atoms with E-state index >= 15 is 0 Å². The number of hydrogen-bond donors (Lipinski definition) is 0. The van der Waals surface area contributed by atoms with Gasteiger partial charge in [0.2, 0.25) is 0 Å². The second-order valence-corrected chi connectivity index (χ2v) is 7.47. The van der Waals surface area contributed by atoms with Crippen LogP contribution in [-0.4, -0.2) is 21.0 Å². The summed E-state index contributed by atoms with van der Waals surface area (Å²) in [4.78, 5) is 12.1. The zero-order valence-corrected chi connectivity index (χ0v) is 13.3. The molecule has 1 aromatic carbocycles. The lowest BCUT2D eigenvalue weighted by molar-refractivity contribution is 0.102. The maximum Gasteiger partial charge on any atom is 0.175 e. The summed E-state index contributed by atoms with van der Waals surface area (Å²) >= 11 is 0. The van der Waals surface area contributed by atoms with Crippen LogP contribution in [0.15, 0.2) is 24.3 Å². The van der Waals surface area contributed by atoms with Crippen LogP contribution in [-0.2, 0) is 10.8 Å². The Hall–Kier alpha value is -0.960. The molecule has 0 bridgehead atoms. The summed E-state index contributed by atoms with van der Waals surface area (Å²) in [6, 6.07) is 7.64. The molecule has 0 N–H and O–H groups in total. The van der Waals surface area contributed by atoms with Crippen LogP contribution in [0.2, 0.25) is 0 Å². The van der Waals surface area contributed by atoms with E-state index in [9.17, 15) is 9.00 Å². The zero-order valence-electron chi connectivity index (χ0n) is 12.5. The van der Waals surface area contributed by atoms with Crippen LogP contribution >= 0.6 is 0 Å². The van der Waals surface area contributed by atoms with Crippen LogP contribution in [0, 0.1) is 5.92 Å². The molecule has 0 spiro atoms. The van der Waals surface area contributed by atoms with Crippen molar-refractivity contribution in [3.8, 4) is 0 Å². The van der Waals surface area contributed by atoms with Gasteiger partial charge in [0.25, 0.3) is 0 Å². The van der Waals surface area contributed by atoms with Crippen molar-refractivity contribution in [1.29, 1.82) is 0 Å². The number of hydrogen-bond acceptors (Lipinski definition) is 2. The Bertz CT molecular complexity index is 446. The molecule has 19 heavy (non-hydrogen) atoms. The molecule has 106 valence electrons. The smallest absolute Gasteiger partial charge is 0.175 e. The first-order valence-corrected chi connectivity index (χ1v) is 8.21. The molecule has 0 saturated heterocycles. The van der Waals surface area contributed by atoms with Gasteiger partial charge in [0.15, 0.2) is 5.78 Å². The van der Waals surface area contributed by atoms with Crippen LogP contribution in [0.4, 0.5) is 0 Å². The van der Waals surface area contributed by atoms with E-state index in [1.165, 1.54) is 5.56 Å². The first-order valence-electron chi connectivity index (χ1n) is 6.83. The zero-order chi connectivity index (χ0) is 14.6. The van der Waals surface area contributed by atoms with Gasteiger partial charge in [-0.15, -0.1) is 0 Å². The number of ketones is 1. The van der Waals surface area contributed by atoms with Gasteiger partial charge in [0, 0.05) is 21.6 Å². The molecule has 0 aliphatic carbocycles. The first kappa shape index (κ1) is 16.1. The van der Waals surface area contributed by atoms with Gasteiger partial charge < -0.3 is 0 Å².